The number of aromatic nitrogens is 2. The van der Waals surface area contributed by atoms with Crippen LogP contribution in [0.3, 0.4) is 0 Å². The smallest absolute Gasteiger partial charge is 0.259 e. The van der Waals surface area contributed by atoms with Gasteiger partial charge in [-0.05, 0) is 31.2 Å². The van der Waals surface area contributed by atoms with Gasteiger partial charge in [-0.2, -0.15) is 0 Å². The molecule has 1 aliphatic carbocycles. The molecule has 2 aromatic rings. The fraction of sp³-hybridized carbons (Fsp3) is 0.632. The Bertz CT molecular complexity index is 897. The van der Waals surface area contributed by atoms with Crippen molar-refractivity contribution in [2.45, 2.75) is 39.2 Å². The first-order valence-corrected chi connectivity index (χ1v) is 10.6. The van der Waals surface area contributed by atoms with E-state index in [0.29, 0.717) is 26.2 Å². The van der Waals surface area contributed by atoms with Crippen LogP contribution in [0.15, 0.2) is 4.79 Å². The molecule has 3 heterocycles. The summed E-state index contributed by atoms with van der Waals surface area (Å²) >= 11 is 1.69. The van der Waals surface area contributed by atoms with Gasteiger partial charge in [0.05, 0.1) is 11.9 Å². The first kappa shape index (κ1) is 18.6. The van der Waals surface area contributed by atoms with Crippen molar-refractivity contribution >= 4 is 27.5 Å². The maximum absolute atomic E-state index is 12.7. The second kappa shape index (κ2) is 7.69. The van der Waals surface area contributed by atoms with Crippen LogP contribution in [0.25, 0.3) is 10.2 Å². The van der Waals surface area contributed by atoms with E-state index in [0.717, 1.165) is 48.4 Å². The lowest BCUT2D eigenvalue weighted by Crippen LogP contribution is -2.50. The molecule has 1 atom stereocenters. The lowest BCUT2D eigenvalue weighted by molar-refractivity contribution is -0.136. The molecular formula is C19H27N5O2S. The van der Waals surface area contributed by atoms with Gasteiger partial charge in [-0.25, -0.2) is 4.98 Å². The van der Waals surface area contributed by atoms with Crippen LogP contribution in [-0.2, 0) is 24.2 Å². The zero-order chi connectivity index (χ0) is 19.0. The Hall–Kier alpha value is -1.77. The summed E-state index contributed by atoms with van der Waals surface area (Å²) in [6, 6.07) is 0. The van der Waals surface area contributed by atoms with E-state index in [1.807, 2.05) is 11.8 Å². The summed E-state index contributed by atoms with van der Waals surface area (Å²) in [5.74, 6) is 0.734. The minimum Gasteiger partial charge on any atom is -0.340 e. The van der Waals surface area contributed by atoms with E-state index >= 15 is 0 Å². The predicted molar refractivity (Wildman–Crippen MR) is 107 cm³/mol. The Balaban J connectivity index is 1.45. The summed E-state index contributed by atoms with van der Waals surface area (Å²) in [6.07, 6.45) is 4.43. The number of hydrogen-bond donors (Lipinski definition) is 2. The number of carbonyl (C=O) groups excluding carboxylic acids is 1. The van der Waals surface area contributed by atoms with Crippen LogP contribution in [0, 0.1) is 5.92 Å². The molecule has 2 aliphatic rings. The number of nitrogens with two attached hydrogens (primary N) is 1. The van der Waals surface area contributed by atoms with E-state index in [-0.39, 0.29) is 17.4 Å². The van der Waals surface area contributed by atoms with Crippen molar-refractivity contribution < 1.29 is 4.79 Å². The highest BCUT2D eigenvalue weighted by Gasteiger charge is 2.25. The van der Waals surface area contributed by atoms with Crippen molar-refractivity contribution in [3.63, 3.8) is 0 Å². The number of carbonyl (C=O) groups is 1. The second-order valence-corrected chi connectivity index (χ2v) is 8.73. The Morgan fingerprint density at radius 2 is 2.00 bits per heavy atom. The Morgan fingerprint density at radius 1 is 1.26 bits per heavy atom. The number of aromatic amines is 1. The number of thiophene rings is 1. The number of amides is 1. The van der Waals surface area contributed by atoms with Gasteiger partial charge in [0.15, 0.2) is 0 Å². The lowest BCUT2D eigenvalue weighted by Gasteiger charge is -2.35. The standard InChI is InChI=1S/C19H27N5O2S/c1-12(10-20)19(26)24-8-6-23(7-9-24)11-15-21-17(25)16-13-4-2-3-5-14(13)27-18(16)22-15/h12H,2-11,20H2,1H3,(H,21,22,25). The van der Waals surface area contributed by atoms with E-state index in [9.17, 15) is 9.59 Å². The van der Waals surface area contributed by atoms with Gasteiger partial charge in [0.2, 0.25) is 5.91 Å². The molecule has 1 fully saturated rings. The van der Waals surface area contributed by atoms with Crippen LogP contribution in [0.5, 0.6) is 0 Å². The molecule has 0 aromatic carbocycles. The van der Waals surface area contributed by atoms with Gasteiger partial charge in [0.1, 0.15) is 10.7 Å². The minimum absolute atomic E-state index is 0.0000145. The molecule has 1 unspecified atom stereocenters. The molecule has 0 bridgehead atoms. The fourth-order valence-corrected chi connectivity index (χ4v) is 5.31. The highest BCUT2D eigenvalue weighted by molar-refractivity contribution is 7.18. The van der Waals surface area contributed by atoms with Crippen molar-refractivity contribution in [1.82, 2.24) is 19.8 Å². The number of aryl methyl sites for hydroxylation is 2. The summed E-state index contributed by atoms with van der Waals surface area (Å²) in [5.41, 5.74) is 6.83. The monoisotopic (exact) mass is 389 g/mol. The summed E-state index contributed by atoms with van der Waals surface area (Å²) in [7, 11) is 0. The number of nitrogens with zero attached hydrogens (tertiary/aromatic N) is 3. The molecule has 146 valence electrons. The molecule has 27 heavy (non-hydrogen) atoms. The van der Waals surface area contributed by atoms with Crippen LogP contribution >= 0.6 is 11.3 Å². The first-order valence-electron chi connectivity index (χ1n) is 9.81. The molecular weight excluding hydrogens is 362 g/mol. The average Bonchev–Trinajstić information content (AvgIpc) is 3.06. The predicted octanol–water partition coefficient (Wildman–Crippen LogP) is 1.10. The Kier molecular flexibility index (Phi) is 5.29. The van der Waals surface area contributed by atoms with E-state index in [1.54, 1.807) is 11.3 Å². The van der Waals surface area contributed by atoms with Gasteiger partial charge in [-0.1, -0.05) is 6.92 Å². The average molecular weight is 390 g/mol. The van der Waals surface area contributed by atoms with Crippen molar-refractivity contribution in [3.8, 4) is 0 Å². The minimum atomic E-state index is -0.123. The molecule has 1 saturated heterocycles. The van der Waals surface area contributed by atoms with Gasteiger partial charge in [-0.3, -0.25) is 14.5 Å². The quantitative estimate of drug-likeness (QED) is 0.817. The van der Waals surface area contributed by atoms with Crippen molar-refractivity contribution in [2.75, 3.05) is 32.7 Å². The zero-order valence-corrected chi connectivity index (χ0v) is 16.6. The van der Waals surface area contributed by atoms with E-state index in [4.69, 9.17) is 10.7 Å². The van der Waals surface area contributed by atoms with Crippen LogP contribution in [0.2, 0.25) is 0 Å². The van der Waals surface area contributed by atoms with Crippen LogP contribution in [0.4, 0.5) is 0 Å². The van der Waals surface area contributed by atoms with E-state index in [1.165, 1.54) is 16.9 Å². The normalized spacial score (nSPS) is 19.3. The number of rotatable bonds is 4. The van der Waals surface area contributed by atoms with Gasteiger partial charge >= 0.3 is 0 Å². The van der Waals surface area contributed by atoms with E-state index < -0.39 is 0 Å². The van der Waals surface area contributed by atoms with Gasteiger partial charge in [0.25, 0.3) is 5.56 Å². The zero-order valence-electron chi connectivity index (χ0n) is 15.8. The summed E-state index contributed by atoms with van der Waals surface area (Å²) in [5, 5.41) is 0.810. The van der Waals surface area contributed by atoms with E-state index in [2.05, 4.69) is 9.88 Å². The van der Waals surface area contributed by atoms with Crippen LogP contribution in [0.1, 0.15) is 36.0 Å². The largest absolute Gasteiger partial charge is 0.340 e. The lowest BCUT2D eigenvalue weighted by atomic mass is 9.97. The summed E-state index contributed by atoms with van der Waals surface area (Å²) in [6.45, 7) is 5.83. The fourth-order valence-electron chi connectivity index (χ4n) is 4.03. The van der Waals surface area contributed by atoms with Crippen LogP contribution < -0.4 is 11.3 Å². The molecule has 3 N–H and O–H groups in total. The summed E-state index contributed by atoms with van der Waals surface area (Å²) in [4.78, 5) is 39.0. The third kappa shape index (κ3) is 3.66. The van der Waals surface area contributed by atoms with Crippen molar-refractivity contribution in [2.24, 2.45) is 11.7 Å². The molecule has 8 heteroatoms. The Labute approximate surface area is 162 Å². The maximum Gasteiger partial charge on any atom is 0.259 e. The third-order valence-corrected chi connectivity index (χ3v) is 6.89. The molecule has 7 nitrogen and oxygen atoms in total. The topological polar surface area (TPSA) is 95.3 Å². The molecule has 0 radical (unpaired) electrons. The molecule has 0 spiro atoms. The van der Waals surface area contributed by atoms with Gasteiger partial charge in [0, 0.05) is 43.5 Å². The Morgan fingerprint density at radius 3 is 2.74 bits per heavy atom. The third-order valence-electron chi connectivity index (χ3n) is 5.71. The first-order chi connectivity index (χ1) is 13.1. The SMILES string of the molecule is CC(CN)C(=O)N1CCN(Cc2nc3sc4c(c3c(=O)[nH]2)CCCC4)CC1. The maximum atomic E-state index is 12.7. The highest BCUT2D eigenvalue weighted by atomic mass is 32.1. The number of H-pyrrole nitrogens is 1. The van der Waals surface area contributed by atoms with Crippen LogP contribution in [-0.4, -0.2) is 58.4 Å². The molecule has 2 aromatic heterocycles. The number of hydrogen-bond acceptors (Lipinski definition) is 6. The number of fused-ring (bicyclic) bond motifs is 3. The van der Waals surface area contributed by atoms with Crippen molar-refractivity contribution in [1.29, 1.82) is 0 Å². The second-order valence-electron chi connectivity index (χ2n) is 7.64. The number of piperazine rings is 1. The summed E-state index contributed by atoms with van der Waals surface area (Å²) < 4.78 is 0. The van der Waals surface area contributed by atoms with Gasteiger partial charge < -0.3 is 15.6 Å². The van der Waals surface area contributed by atoms with Crippen molar-refractivity contribution in [3.05, 3.63) is 26.6 Å². The molecule has 0 saturated carbocycles. The number of nitrogens with one attached hydrogen (secondary N) is 1. The molecule has 4 rings (SSSR count). The molecule has 1 aliphatic heterocycles. The molecule has 1 amide bonds. The highest BCUT2D eigenvalue weighted by Crippen LogP contribution is 2.33. The van der Waals surface area contributed by atoms with Gasteiger partial charge in [-0.15, -0.1) is 11.3 Å².